The standard InChI is InChI=1S/C16H21N3O2/c1-11(2)16(21)19-10-15(20)17-8-7-12-9-18-14-6-4-3-5-13(12)14/h3-6,9,11,18H,7-8,10H2,1-2H3,(H,17,20)(H,19,21). The highest BCUT2D eigenvalue weighted by molar-refractivity contribution is 5.85. The van der Waals surface area contributed by atoms with E-state index >= 15 is 0 Å². The van der Waals surface area contributed by atoms with E-state index in [9.17, 15) is 9.59 Å². The van der Waals surface area contributed by atoms with Crippen LogP contribution in [-0.4, -0.2) is 29.9 Å². The molecule has 21 heavy (non-hydrogen) atoms. The largest absolute Gasteiger partial charge is 0.361 e. The predicted octanol–water partition coefficient (Wildman–Crippen LogP) is 1.60. The number of H-pyrrole nitrogens is 1. The van der Waals surface area contributed by atoms with E-state index in [0.29, 0.717) is 6.54 Å². The number of hydrogen-bond donors (Lipinski definition) is 3. The van der Waals surface area contributed by atoms with Crippen molar-refractivity contribution in [1.82, 2.24) is 15.6 Å². The lowest BCUT2D eigenvalue weighted by Crippen LogP contribution is -2.39. The molecule has 112 valence electrons. The van der Waals surface area contributed by atoms with Gasteiger partial charge in [0.25, 0.3) is 0 Å². The van der Waals surface area contributed by atoms with Crippen LogP contribution in [0.5, 0.6) is 0 Å². The van der Waals surface area contributed by atoms with Gasteiger partial charge in [-0.2, -0.15) is 0 Å². The van der Waals surface area contributed by atoms with Gasteiger partial charge in [0.1, 0.15) is 0 Å². The molecule has 5 heteroatoms. The van der Waals surface area contributed by atoms with Gasteiger partial charge in [0.2, 0.25) is 11.8 Å². The van der Waals surface area contributed by atoms with E-state index in [2.05, 4.69) is 21.7 Å². The van der Waals surface area contributed by atoms with Crippen LogP contribution in [-0.2, 0) is 16.0 Å². The molecule has 0 spiro atoms. The Labute approximate surface area is 124 Å². The van der Waals surface area contributed by atoms with Gasteiger partial charge in [-0.05, 0) is 18.1 Å². The highest BCUT2D eigenvalue weighted by Gasteiger charge is 2.09. The van der Waals surface area contributed by atoms with Gasteiger partial charge >= 0.3 is 0 Å². The Morgan fingerprint density at radius 2 is 1.95 bits per heavy atom. The Morgan fingerprint density at radius 3 is 2.71 bits per heavy atom. The number of carbonyl (C=O) groups is 2. The number of benzene rings is 1. The maximum atomic E-state index is 11.6. The first-order valence-electron chi connectivity index (χ1n) is 7.17. The molecular formula is C16H21N3O2. The molecule has 0 saturated carbocycles. The predicted molar refractivity (Wildman–Crippen MR) is 82.9 cm³/mol. The van der Waals surface area contributed by atoms with E-state index in [-0.39, 0.29) is 24.3 Å². The van der Waals surface area contributed by atoms with Gasteiger partial charge in [0.05, 0.1) is 6.54 Å². The van der Waals surface area contributed by atoms with Crippen LogP contribution in [0, 0.1) is 5.92 Å². The first-order valence-corrected chi connectivity index (χ1v) is 7.17. The number of amides is 2. The summed E-state index contributed by atoms with van der Waals surface area (Å²) < 4.78 is 0. The van der Waals surface area contributed by atoms with Gasteiger partial charge in [0, 0.05) is 29.6 Å². The molecule has 0 unspecified atom stereocenters. The summed E-state index contributed by atoms with van der Waals surface area (Å²) in [6.07, 6.45) is 2.73. The number of hydrogen-bond acceptors (Lipinski definition) is 2. The van der Waals surface area contributed by atoms with Crippen molar-refractivity contribution in [1.29, 1.82) is 0 Å². The van der Waals surface area contributed by atoms with Gasteiger partial charge in [-0.15, -0.1) is 0 Å². The van der Waals surface area contributed by atoms with Crippen LogP contribution >= 0.6 is 0 Å². The van der Waals surface area contributed by atoms with Crippen molar-refractivity contribution >= 4 is 22.7 Å². The molecule has 0 fully saturated rings. The van der Waals surface area contributed by atoms with Gasteiger partial charge in [-0.3, -0.25) is 9.59 Å². The molecule has 0 aliphatic rings. The minimum absolute atomic E-state index is 0.0326. The van der Waals surface area contributed by atoms with Crippen LogP contribution in [0.2, 0.25) is 0 Å². The van der Waals surface area contributed by atoms with Crippen molar-refractivity contribution in [2.75, 3.05) is 13.1 Å². The van der Waals surface area contributed by atoms with Crippen LogP contribution in [0.25, 0.3) is 10.9 Å². The maximum Gasteiger partial charge on any atom is 0.239 e. The van der Waals surface area contributed by atoms with Crippen molar-refractivity contribution < 1.29 is 9.59 Å². The van der Waals surface area contributed by atoms with E-state index in [1.54, 1.807) is 13.8 Å². The Bertz CT molecular complexity index is 631. The molecule has 0 aliphatic carbocycles. The van der Waals surface area contributed by atoms with E-state index in [0.717, 1.165) is 11.9 Å². The lowest BCUT2D eigenvalue weighted by molar-refractivity contribution is -0.127. The number of carbonyl (C=O) groups excluding carboxylic acids is 2. The van der Waals surface area contributed by atoms with Crippen molar-refractivity contribution in [3.63, 3.8) is 0 Å². The zero-order valence-electron chi connectivity index (χ0n) is 12.4. The van der Waals surface area contributed by atoms with E-state index in [1.165, 1.54) is 10.9 Å². The molecule has 2 amide bonds. The van der Waals surface area contributed by atoms with Crippen LogP contribution in [0.3, 0.4) is 0 Å². The summed E-state index contributed by atoms with van der Waals surface area (Å²) >= 11 is 0. The molecule has 5 nitrogen and oxygen atoms in total. The molecule has 1 aromatic heterocycles. The zero-order chi connectivity index (χ0) is 15.2. The van der Waals surface area contributed by atoms with E-state index in [1.807, 2.05) is 24.4 Å². The number of para-hydroxylation sites is 1. The quantitative estimate of drug-likeness (QED) is 0.755. The van der Waals surface area contributed by atoms with Gasteiger partial charge in [0.15, 0.2) is 0 Å². The van der Waals surface area contributed by atoms with Crippen LogP contribution in [0.15, 0.2) is 30.5 Å². The maximum absolute atomic E-state index is 11.6. The average molecular weight is 287 g/mol. The van der Waals surface area contributed by atoms with Crippen molar-refractivity contribution in [3.05, 3.63) is 36.0 Å². The Hall–Kier alpha value is -2.30. The molecule has 0 aliphatic heterocycles. The Balaban J connectivity index is 1.76. The molecule has 0 atom stereocenters. The summed E-state index contributed by atoms with van der Waals surface area (Å²) in [7, 11) is 0. The second kappa shape index (κ2) is 6.92. The number of nitrogens with one attached hydrogen (secondary N) is 3. The molecule has 0 bridgehead atoms. The van der Waals surface area contributed by atoms with Gasteiger partial charge in [-0.1, -0.05) is 32.0 Å². The van der Waals surface area contributed by atoms with E-state index in [4.69, 9.17) is 0 Å². The van der Waals surface area contributed by atoms with E-state index < -0.39 is 0 Å². The van der Waals surface area contributed by atoms with Crippen LogP contribution in [0.1, 0.15) is 19.4 Å². The van der Waals surface area contributed by atoms with Crippen molar-refractivity contribution in [2.45, 2.75) is 20.3 Å². The lowest BCUT2D eigenvalue weighted by atomic mass is 10.1. The third-order valence-electron chi connectivity index (χ3n) is 3.34. The highest BCUT2D eigenvalue weighted by atomic mass is 16.2. The van der Waals surface area contributed by atoms with Crippen LogP contribution in [0.4, 0.5) is 0 Å². The first kappa shape index (κ1) is 15.1. The second-order valence-corrected chi connectivity index (χ2v) is 5.33. The average Bonchev–Trinajstić information content (AvgIpc) is 2.88. The summed E-state index contributed by atoms with van der Waals surface area (Å²) in [6.45, 7) is 4.18. The molecule has 2 rings (SSSR count). The molecule has 1 aromatic carbocycles. The number of fused-ring (bicyclic) bond motifs is 1. The first-order chi connectivity index (χ1) is 10.1. The summed E-state index contributed by atoms with van der Waals surface area (Å²) in [4.78, 5) is 26.2. The summed E-state index contributed by atoms with van der Waals surface area (Å²) in [5.41, 5.74) is 2.28. The topological polar surface area (TPSA) is 74.0 Å². The SMILES string of the molecule is CC(C)C(=O)NCC(=O)NCCc1c[nH]c2ccccc12. The monoisotopic (exact) mass is 287 g/mol. The third-order valence-corrected chi connectivity index (χ3v) is 3.34. The third kappa shape index (κ3) is 4.08. The van der Waals surface area contributed by atoms with Gasteiger partial charge in [-0.25, -0.2) is 0 Å². The summed E-state index contributed by atoms with van der Waals surface area (Å²) in [5, 5.41) is 6.59. The summed E-state index contributed by atoms with van der Waals surface area (Å²) in [6, 6.07) is 8.08. The fourth-order valence-electron chi connectivity index (χ4n) is 2.11. The minimum Gasteiger partial charge on any atom is -0.361 e. The molecule has 0 saturated heterocycles. The fraction of sp³-hybridized carbons (Fsp3) is 0.375. The van der Waals surface area contributed by atoms with Crippen LogP contribution < -0.4 is 10.6 Å². The zero-order valence-corrected chi connectivity index (χ0v) is 12.4. The smallest absolute Gasteiger partial charge is 0.239 e. The molecule has 0 radical (unpaired) electrons. The Kier molecular flexibility index (Phi) is 4.98. The summed E-state index contributed by atoms with van der Waals surface area (Å²) in [5.74, 6) is -0.380. The highest BCUT2D eigenvalue weighted by Crippen LogP contribution is 2.17. The number of rotatable bonds is 6. The Morgan fingerprint density at radius 1 is 1.19 bits per heavy atom. The molecule has 1 heterocycles. The van der Waals surface area contributed by atoms with Crippen molar-refractivity contribution in [3.8, 4) is 0 Å². The van der Waals surface area contributed by atoms with Crippen molar-refractivity contribution in [2.24, 2.45) is 5.92 Å². The second-order valence-electron chi connectivity index (χ2n) is 5.33. The lowest BCUT2D eigenvalue weighted by Gasteiger charge is -2.08. The molecule has 3 N–H and O–H groups in total. The molecule has 2 aromatic rings. The van der Waals surface area contributed by atoms with Gasteiger partial charge < -0.3 is 15.6 Å². The molecular weight excluding hydrogens is 266 g/mol. The fourth-order valence-corrected chi connectivity index (χ4v) is 2.11. The number of aromatic nitrogens is 1. The minimum atomic E-state index is -0.163. The normalized spacial score (nSPS) is 10.8. The number of aromatic amines is 1.